The van der Waals surface area contributed by atoms with Gasteiger partial charge in [-0.15, -0.1) is 0 Å². The third-order valence-electron chi connectivity index (χ3n) is 4.78. The van der Waals surface area contributed by atoms with Crippen LogP contribution in [0.3, 0.4) is 0 Å². The molecule has 3 aromatic rings. The Bertz CT molecular complexity index is 976. The van der Waals surface area contributed by atoms with Gasteiger partial charge in [0.15, 0.2) is 0 Å². The zero-order valence-corrected chi connectivity index (χ0v) is 15.6. The van der Waals surface area contributed by atoms with Crippen LogP contribution >= 0.6 is 0 Å². The van der Waals surface area contributed by atoms with Crippen LogP contribution in [0.4, 0.5) is 0 Å². The molecule has 2 aromatic carbocycles. The molecule has 7 heteroatoms. The van der Waals surface area contributed by atoms with Crippen molar-refractivity contribution in [1.82, 2.24) is 15.1 Å². The third-order valence-corrected chi connectivity index (χ3v) is 4.78. The SMILES string of the molecule is COc1ccccc1-c1cc(C(N)=O)n(-c2ccc([C@H]3CNCCO3)cc2)n1. The fourth-order valence-electron chi connectivity index (χ4n) is 3.35. The molecule has 1 atom stereocenters. The van der Waals surface area contributed by atoms with E-state index in [1.807, 2.05) is 48.5 Å². The molecule has 3 N–H and O–H groups in total. The number of nitrogens with one attached hydrogen (secondary N) is 1. The summed E-state index contributed by atoms with van der Waals surface area (Å²) in [6.45, 7) is 2.35. The lowest BCUT2D eigenvalue weighted by Gasteiger charge is -2.24. The van der Waals surface area contributed by atoms with Crippen molar-refractivity contribution < 1.29 is 14.3 Å². The van der Waals surface area contributed by atoms with Crippen molar-refractivity contribution in [2.75, 3.05) is 26.8 Å². The summed E-state index contributed by atoms with van der Waals surface area (Å²) in [5.41, 5.74) is 9.16. The maximum Gasteiger partial charge on any atom is 0.267 e. The number of rotatable bonds is 5. The molecular formula is C21H22N4O3. The number of ether oxygens (including phenoxy) is 2. The molecule has 28 heavy (non-hydrogen) atoms. The van der Waals surface area contributed by atoms with E-state index in [0.29, 0.717) is 23.7 Å². The number of benzene rings is 2. The summed E-state index contributed by atoms with van der Waals surface area (Å²) in [6, 6.07) is 17.0. The third kappa shape index (κ3) is 3.49. The van der Waals surface area contributed by atoms with E-state index in [9.17, 15) is 4.79 Å². The zero-order valence-electron chi connectivity index (χ0n) is 15.6. The molecule has 0 unspecified atom stereocenters. The molecule has 1 aliphatic rings. The van der Waals surface area contributed by atoms with Crippen molar-refractivity contribution in [2.45, 2.75) is 6.10 Å². The first kappa shape index (κ1) is 18.2. The van der Waals surface area contributed by atoms with Crippen molar-refractivity contribution in [3.05, 3.63) is 65.9 Å². The smallest absolute Gasteiger partial charge is 0.267 e. The zero-order chi connectivity index (χ0) is 19.5. The van der Waals surface area contributed by atoms with Gasteiger partial charge in [0.1, 0.15) is 11.4 Å². The number of carbonyl (C=O) groups excluding carboxylic acids is 1. The van der Waals surface area contributed by atoms with E-state index in [0.717, 1.165) is 29.9 Å². The molecule has 1 aromatic heterocycles. The van der Waals surface area contributed by atoms with Crippen LogP contribution in [-0.4, -0.2) is 42.5 Å². The van der Waals surface area contributed by atoms with Crippen LogP contribution in [0.5, 0.6) is 5.75 Å². The Labute approximate surface area is 163 Å². The lowest BCUT2D eigenvalue weighted by molar-refractivity contribution is 0.0277. The van der Waals surface area contributed by atoms with Crippen LogP contribution in [0.1, 0.15) is 22.2 Å². The van der Waals surface area contributed by atoms with Gasteiger partial charge in [-0.05, 0) is 35.9 Å². The Hall–Kier alpha value is -3.16. The minimum Gasteiger partial charge on any atom is -0.496 e. The number of hydrogen-bond acceptors (Lipinski definition) is 5. The van der Waals surface area contributed by atoms with Crippen LogP contribution in [0.15, 0.2) is 54.6 Å². The summed E-state index contributed by atoms with van der Waals surface area (Å²) < 4.78 is 12.8. The largest absolute Gasteiger partial charge is 0.496 e. The second kappa shape index (κ2) is 7.84. The highest BCUT2D eigenvalue weighted by Crippen LogP contribution is 2.30. The summed E-state index contributed by atoms with van der Waals surface area (Å²) in [5.74, 6) is 0.137. The van der Waals surface area contributed by atoms with Crippen molar-refractivity contribution >= 4 is 5.91 Å². The van der Waals surface area contributed by atoms with Gasteiger partial charge in [-0.1, -0.05) is 24.3 Å². The van der Waals surface area contributed by atoms with Gasteiger partial charge < -0.3 is 20.5 Å². The van der Waals surface area contributed by atoms with Crippen molar-refractivity contribution in [3.8, 4) is 22.7 Å². The average Bonchev–Trinajstić information content (AvgIpc) is 3.20. The van der Waals surface area contributed by atoms with Gasteiger partial charge in [-0.25, -0.2) is 4.68 Å². The normalized spacial score (nSPS) is 16.7. The van der Waals surface area contributed by atoms with E-state index in [2.05, 4.69) is 10.4 Å². The second-order valence-corrected chi connectivity index (χ2v) is 6.55. The minimum atomic E-state index is -0.544. The summed E-state index contributed by atoms with van der Waals surface area (Å²) in [7, 11) is 1.60. The highest BCUT2D eigenvalue weighted by atomic mass is 16.5. The summed E-state index contributed by atoms with van der Waals surface area (Å²) in [5, 5.41) is 7.94. The number of methoxy groups -OCH3 is 1. The van der Waals surface area contributed by atoms with E-state index in [4.69, 9.17) is 15.2 Å². The van der Waals surface area contributed by atoms with Gasteiger partial charge in [0.2, 0.25) is 0 Å². The van der Waals surface area contributed by atoms with Gasteiger partial charge in [-0.2, -0.15) is 5.10 Å². The number of para-hydroxylation sites is 1. The fourth-order valence-corrected chi connectivity index (χ4v) is 3.35. The summed E-state index contributed by atoms with van der Waals surface area (Å²) in [6.07, 6.45) is 0.0279. The highest BCUT2D eigenvalue weighted by molar-refractivity contribution is 5.93. The predicted octanol–water partition coefficient (Wildman–Crippen LogP) is 2.31. The molecule has 144 valence electrons. The number of nitrogens with two attached hydrogens (primary N) is 1. The number of nitrogens with zero attached hydrogens (tertiary/aromatic N) is 2. The molecular weight excluding hydrogens is 356 g/mol. The summed E-state index contributed by atoms with van der Waals surface area (Å²) >= 11 is 0. The van der Waals surface area contributed by atoms with Crippen molar-refractivity contribution in [1.29, 1.82) is 0 Å². The molecule has 0 radical (unpaired) electrons. The van der Waals surface area contributed by atoms with Crippen molar-refractivity contribution in [2.24, 2.45) is 5.73 Å². The quantitative estimate of drug-likeness (QED) is 0.711. The van der Waals surface area contributed by atoms with E-state index in [1.165, 1.54) is 0 Å². The number of primary amides is 1. The summed E-state index contributed by atoms with van der Waals surface area (Å²) in [4.78, 5) is 12.0. The number of amides is 1. The number of carbonyl (C=O) groups is 1. The molecule has 1 saturated heterocycles. The van der Waals surface area contributed by atoms with Crippen LogP contribution in [0.2, 0.25) is 0 Å². The molecule has 1 amide bonds. The molecule has 4 rings (SSSR count). The first-order chi connectivity index (χ1) is 13.7. The maximum absolute atomic E-state index is 12.0. The fraction of sp³-hybridized carbons (Fsp3) is 0.238. The Morgan fingerprint density at radius 3 is 2.71 bits per heavy atom. The second-order valence-electron chi connectivity index (χ2n) is 6.55. The van der Waals surface area contributed by atoms with E-state index in [-0.39, 0.29) is 6.10 Å². The molecule has 2 heterocycles. The van der Waals surface area contributed by atoms with E-state index in [1.54, 1.807) is 17.9 Å². The number of hydrogen-bond donors (Lipinski definition) is 2. The van der Waals surface area contributed by atoms with Gasteiger partial charge >= 0.3 is 0 Å². The number of morpholine rings is 1. The molecule has 0 saturated carbocycles. The van der Waals surface area contributed by atoms with Gasteiger partial charge in [-0.3, -0.25) is 4.79 Å². The van der Waals surface area contributed by atoms with E-state index >= 15 is 0 Å². The number of aromatic nitrogens is 2. The van der Waals surface area contributed by atoms with Gasteiger partial charge in [0.25, 0.3) is 5.91 Å². The monoisotopic (exact) mass is 378 g/mol. The first-order valence-corrected chi connectivity index (χ1v) is 9.13. The van der Waals surface area contributed by atoms with Crippen molar-refractivity contribution in [3.63, 3.8) is 0 Å². The highest BCUT2D eigenvalue weighted by Gasteiger charge is 2.19. The molecule has 1 fully saturated rings. The Morgan fingerprint density at radius 2 is 2.04 bits per heavy atom. The maximum atomic E-state index is 12.0. The lowest BCUT2D eigenvalue weighted by atomic mass is 10.1. The molecule has 0 spiro atoms. The van der Waals surface area contributed by atoms with Gasteiger partial charge in [0, 0.05) is 18.7 Å². The van der Waals surface area contributed by atoms with Crippen LogP contribution < -0.4 is 15.8 Å². The van der Waals surface area contributed by atoms with Crippen LogP contribution in [-0.2, 0) is 4.74 Å². The average molecular weight is 378 g/mol. The Balaban J connectivity index is 1.71. The van der Waals surface area contributed by atoms with Gasteiger partial charge in [0.05, 0.1) is 31.2 Å². The Kier molecular flexibility index (Phi) is 5.10. The lowest BCUT2D eigenvalue weighted by Crippen LogP contribution is -2.33. The van der Waals surface area contributed by atoms with Crippen LogP contribution in [0, 0.1) is 0 Å². The molecule has 1 aliphatic heterocycles. The van der Waals surface area contributed by atoms with E-state index < -0.39 is 5.91 Å². The predicted molar refractivity (Wildman–Crippen MR) is 106 cm³/mol. The minimum absolute atomic E-state index is 0.0279. The molecule has 0 aliphatic carbocycles. The molecule has 7 nitrogen and oxygen atoms in total. The topological polar surface area (TPSA) is 91.4 Å². The molecule has 0 bridgehead atoms. The van der Waals surface area contributed by atoms with Crippen LogP contribution in [0.25, 0.3) is 16.9 Å². The standard InChI is InChI=1S/C21H22N4O3/c1-27-19-5-3-2-4-16(19)17-12-18(21(22)26)25(24-17)15-8-6-14(7-9-15)20-13-23-10-11-28-20/h2-9,12,20,23H,10-11,13H2,1H3,(H2,22,26)/t20-/m1/s1. The first-order valence-electron chi connectivity index (χ1n) is 9.13. The Morgan fingerprint density at radius 1 is 1.25 bits per heavy atom.